The summed E-state index contributed by atoms with van der Waals surface area (Å²) in [5.74, 6) is -0.118. The van der Waals surface area contributed by atoms with Gasteiger partial charge >= 0.3 is 0 Å². The number of rotatable bonds is 6. The minimum absolute atomic E-state index is 0.118. The van der Waals surface area contributed by atoms with E-state index in [-0.39, 0.29) is 5.91 Å². The number of carbonyl (C=O) groups is 1. The van der Waals surface area contributed by atoms with Crippen LogP contribution in [0.5, 0.6) is 0 Å². The van der Waals surface area contributed by atoms with Crippen molar-refractivity contribution in [1.82, 2.24) is 4.90 Å². The van der Waals surface area contributed by atoms with Crippen molar-refractivity contribution in [1.29, 1.82) is 5.26 Å². The second-order valence-corrected chi connectivity index (χ2v) is 4.59. The first kappa shape index (κ1) is 15.5. The first-order valence-corrected chi connectivity index (χ1v) is 6.39. The fourth-order valence-electron chi connectivity index (χ4n) is 1.70. The fraction of sp³-hybridized carbons (Fsp3) is 0.429. The molecule has 0 N–H and O–H groups in total. The Labute approximate surface area is 118 Å². The van der Waals surface area contributed by atoms with Crippen molar-refractivity contribution in [2.45, 2.75) is 13.3 Å². The predicted octanol–water partition coefficient (Wildman–Crippen LogP) is 2.65. The van der Waals surface area contributed by atoms with Gasteiger partial charge < -0.3 is 9.64 Å². The number of halogens is 1. The molecule has 19 heavy (non-hydrogen) atoms. The zero-order chi connectivity index (χ0) is 14.3. The van der Waals surface area contributed by atoms with Crippen molar-refractivity contribution in [3.63, 3.8) is 0 Å². The zero-order valence-corrected chi connectivity index (χ0v) is 11.9. The van der Waals surface area contributed by atoms with E-state index in [2.05, 4.69) is 0 Å². The molecular weight excluding hydrogens is 264 g/mol. The quantitative estimate of drug-likeness (QED) is 0.805. The Kier molecular flexibility index (Phi) is 6.34. The third kappa shape index (κ3) is 4.55. The topological polar surface area (TPSA) is 53.3 Å². The number of nitriles is 1. The molecule has 0 atom stereocenters. The van der Waals surface area contributed by atoms with E-state index in [9.17, 15) is 4.79 Å². The summed E-state index contributed by atoms with van der Waals surface area (Å²) in [6.07, 6.45) is 0.301. The molecule has 1 aromatic rings. The molecule has 1 amide bonds. The van der Waals surface area contributed by atoms with Gasteiger partial charge in [-0.25, -0.2) is 0 Å². The summed E-state index contributed by atoms with van der Waals surface area (Å²) in [5, 5.41) is 9.18. The minimum Gasteiger partial charge on any atom is -0.383 e. The highest BCUT2D eigenvalue weighted by molar-refractivity contribution is 6.31. The zero-order valence-electron chi connectivity index (χ0n) is 11.1. The molecule has 0 saturated heterocycles. The van der Waals surface area contributed by atoms with Crippen molar-refractivity contribution in [3.05, 3.63) is 34.3 Å². The van der Waals surface area contributed by atoms with Gasteiger partial charge in [0.1, 0.15) is 0 Å². The van der Waals surface area contributed by atoms with Gasteiger partial charge in [0.15, 0.2) is 0 Å². The number of hydrogen-bond donors (Lipinski definition) is 0. The Bertz CT molecular complexity index is 483. The van der Waals surface area contributed by atoms with Crippen LogP contribution in [0.25, 0.3) is 0 Å². The molecule has 0 aliphatic heterocycles. The van der Waals surface area contributed by atoms with Crippen LogP contribution in [-0.2, 0) is 4.74 Å². The maximum atomic E-state index is 12.4. The third-order valence-electron chi connectivity index (χ3n) is 2.78. The van der Waals surface area contributed by atoms with Crippen LogP contribution < -0.4 is 0 Å². The maximum Gasteiger partial charge on any atom is 0.254 e. The van der Waals surface area contributed by atoms with Crippen LogP contribution in [0, 0.1) is 18.3 Å². The van der Waals surface area contributed by atoms with Gasteiger partial charge in [-0.2, -0.15) is 5.26 Å². The van der Waals surface area contributed by atoms with Crippen molar-refractivity contribution in [3.8, 4) is 6.07 Å². The Morgan fingerprint density at radius 2 is 2.21 bits per heavy atom. The summed E-state index contributed by atoms with van der Waals surface area (Å²) in [6.45, 7) is 3.16. The Morgan fingerprint density at radius 3 is 2.84 bits per heavy atom. The average molecular weight is 281 g/mol. The standard InChI is InChI=1S/C14H17ClN2O2/c1-11-4-5-12(15)10-13(11)14(18)17(7-3-6-16)8-9-19-2/h4-5,10H,3,7-9H2,1-2H3. The predicted molar refractivity (Wildman–Crippen MR) is 74.2 cm³/mol. The molecule has 5 heteroatoms. The number of hydrogen-bond acceptors (Lipinski definition) is 3. The van der Waals surface area contributed by atoms with Gasteiger partial charge in [0.2, 0.25) is 0 Å². The highest BCUT2D eigenvalue weighted by atomic mass is 35.5. The number of aryl methyl sites for hydroxylation is 1. The van der Waals surface area contributed by atoms with Gasteiger partial charge in [-0.05, 0) is 24.6 Å². The summed E-state index contributed by atoms with van der Waals surface area (Å²) in [6, 6.07) is 7.27. The molecule has 0 radical (unpaired) electrons. The van der Waals surface area contributed by atoms with Crippen LogP contribution in [-0.4, -0.2) is 37.6 Å². The lowest BCUT2D eigenvalue weighted by Gasteiger charge is -2.22. The van der Waals surface area contributed by atoms with Crippen LogP contribution in [0.4, 0.5) is 0 Å². The van der Waals surface area contributed by atoms with Crippen molar-refractivity contribution in [2.24, 2.45) is 0 Å². The number of nitrogens with zero attached hydrogens (tertiary/aromatic N) is 2. The maximum absolute atomic E-state index is 12.4. The molecule has 0 heterocycles. The molecule has 0 bridgehead atoms. The molecule has 0 fully saturated rings. The first-order valence-electron chi connectivity index (χ1n) is 6.01. The molecule has 0 spiro atoms. The van der Waals surface area contributed by atoms with E-state index in [0.717, 1.165) is 5.56 Å². The van der Waals surface area contributed by atoms with E-state index in [1.807, 2.05) is 19.1 Å². The SMILES string of the molecule is COCCN(CCC#N)C(=O)c1cc(Cl)ccc1C. The molecule has 0 aliphatic rings. The van der Waals surface area contributed by atoms with Gasteiger partial charge in [-0.15, -0.1) is 0 Å². The molecule has 0 aliphatic carbocycles. The lowest BCUT2D eigenvalue weighted by molar-refractivity contribution is 0.0699. The van der Waals surface area contributed by atoms with E-state index in [0.29, 0.717) is 36.7 Å². The molecule has 1 aromatic carbocycles. The van der Waals surface area contributed by atoms with Crippen LogP contribution in [0.15, 0.2) is 18.2 Å². The number of ether oxygens (including phenoxy) is 1. The number of amides is 1. The van der Waals surface area contributed by atoms with Gasteiger partial charge in [-0.1, -0.05) is 17.7 Å². The van der Waals surface area contributed by atoms with Crippen LogP contribution in [0.1, 0.15) is 22.3 Å². The van der Waals surface area contributed by atoms with Gasteiger partial charge in [0.05, 0.1) is 19.1 Å². The van der Waals surface area contributed by atoms with Crippen LogP contribution >= 0.6 is 11.6 Å². The minimum atomic E-state index is -0.118. The second kappa shape index (κ2) is 7.78. The highest BCUT2D eigenvalue weighted by Crippen LogP contribution is 2.17. The lowest BCUT2D eigenvalue weighted by atomic mass is 10.1. The summed E-state index contributed by atoms with van der Waals surface area (Å²) < 4.78 is 4.99. The lowest BCUT2D eigenvalue weighted by Crippen LogP contribution is -2.35. The van der Waals surface area contributed by atoms with E-state index in [1.54, 1.807) is 24.1 Å². The first-order chi connectivity index (χ1) is 9.10. The van der Waals surface area contributed by atoms with Crippen LogP contribution in [0.2, 0.25) is 5.02 Å². The molecule has 0 aromatic heterocycles. The molecule has 4 nitrogen and oxygen atoms in total. The third-order valence-corrected chi connectivity index (χ3v) is 3.01. The van der Waals surface area contributed by atoms with E-state index in [4.69, 9.17) is 21.6 Å². The van der Waals surface area contributed by atoms with Crippen molar-refractivity contribution >= 4 is 17.5 Å². The van der Waals surface area contributed by atoms with Crippen molar-refractivity contribution in [2.75, 3.05) is 26.8 Å². The van der Waals surface area contributed by atoms with Gasteiger partial charge in [0, 0.05) is 30.8 Å². The van der Waals surface area contributed by atoms with E-state index in [1.165, 1.54) is 0 Å². The van der Waals surface area contributed by atoms with E-state index < -0.39 is 0 Å². The smallest absolute Gasteiger partial charge is 0.254 e. The number of methoxy groups -OCH3 is 1. The Balaban J connectivity index is 2.91. The number of carbonyl (C=O) groups excluding carboxylic acids is 1. The number of benzene rings is 1. The molecule has 102 valence electrons. The largest absolute Gasteiger partial charge is 0.383 e. The molecule has 1 rings (SSSR count). The summed E-state index contributed by atoms with van der Waals surface area (Å²) in [5.41, 5.74) is 1.44. The van der Waals surface area contributed by atoms with Crippen molar-refractivity contribution < 1.29 is 9.53 Å². The Morgan fingerprint density at radius 1 is 1.47 bits per heavy atom. The van der Waals surface area contributed by atoms with Gasteiger partial charge in [-0.3, -0.25) is 4.79 Å². The fourth-order valence-corrected chi connectivity index (χ4v) is 1.87. The summed E-state index contributed by atoms with van der Waals surface area (Å²) in [4.78, 5) is 14.0. The summed E-state index contributed by atoms with van der Waals surface area (Å²) in [7, 11) is 1.58. The van der Waals surface area contributed by atoms with Gasteiger partial charge in [0.25, 0.3) is 5.91 Å². The Hall–Kier alpha value is -1.57. The summed E-state index contributed by atoms with van der Waals surface area (Å²) >= 11 is 5.93. The van der Waals surface area contributed by atoms with Crippen LogP contribution in [0.3, 0.4) is 0 Å². The highest BCUT2D eigenvalue weighted by Gasteiger charge is 2.17. The monoisotopic (exact) mass is 280 g/mol. The average Bonchev–Trinajstić information content (AvgIpc) is 2.41. The molecule has 0 saturated carbocycles. The van der Waals surface area contributed by atoms with E-state index >= 15 is 0 Å². The second-order valence-electron chi connectivity index (χ2n) is 4.15. The molecular formula is C14H17ClN2O2. The molecule has 0 unspecified atom stereocenters. The normalized spacial score (nSPS) is 10.0.